The van der Waals surface area contributed by atoms with E-state index >= 15 is 0 Å². The van der Waals surface area contributed by atoms with E-state index < -0.39 is 17.6 Å². The number of amides is 2. The fourth-order valence-corrected chi connectivity index (χ4v) is 5.63. The average Bonchev–Trinajstić information content (AvgIpc) is 3.60. The molecule has 3 aliphatic carbocycles. The van der Waals surface area contributed by atoms with E-state index in [2.05, 4.69) is 29.6 Å². The first-order valence-electron chi connectivity index (χ1n) is 12.4. The summed E-state index contributed by atoms with van der Waals surface area (Å²) in [6.45, 7) is 2.14. The summed E-state index contributed by atoms with van der Waals surface area (Å²) in [6.07, 6.45) is 2.55. The summed E-state index contributed by atoms with van der Waals surface area (Å²) < 4.78 is 5.74. The highest BCUT2D eigenvalue weighted by Crippen LogP contribution is 2.45. The summed E-state index contributed by atoms with van der Waals surface area (Å²) in [5.41, 5.74) is 3.97. The topological polar surface area (TPSA) is 95.9 Å². The molecule has 0 aliphatic heterocycles. The van der Waals surface area contributed by atoms with Crippen LogP contribution in [0.1, 0.15) is 56.1 Å². The molecule has 2 fully saturated rings. The summed E-state index contributed by atoms with van der Waals surface area (Å²) in [5.74, 6) is -1.04. The monoisotopic (exact) mass is 476 g/mol. The molecule has 0 radical (unpaired) electrons. The lowest BCUT2D eigenvalue weighted by Gasteiger charge is -2.41. The van der Waals surface area contributed by atoms with E-state index in [1.165, 1.54) is 11.1 Å². The van der Waals surface area contributed by atoms with Crippen molar-refractivity contribution in [3.63, 3.8) is 0 Å². The normalized spacial score (nSPS) is 22.2. The van der Waals surface area contributed by atoms with Gasteiger partial charge in [-0.1, -0.05) is 48.5 Å². The number of aliphatic carboxylic acids is 1. The minimum atomic E-state index is -0.804. The molecule has 184 valence electrons. The molecule has 2 aromatic rings. The lowest BCUT2D eigenvalue weighted by Crippen LogP contribution is -2.54. The number of rotatable bonds is 8. The van der Waals surface area contributed by atoms with Crippen molar-refractivity contribution in [3.8, 4) is 11.1 Å². The zero-order chi connectivity index (χ0) is 24.7. The molecular weight excluding hydrogens is 444 g/mol. The molecule has 0 heterocycles. The van der Waals surface area contributed by atoms with E-state index in [9.17, 15) is 14.4 Å². The lowest BCUT2D eigenvalue weighted by molar-refractivity contribution is -0.150. The highest BCUT2D eigenvalue weighted by atomic mass is 16.5. The maximum absolute atomic E-state index is 13.0. The van der Waals surface area contributed by atoms with Crippen LogP contribution in [0.15, 0.2) is 48.5 Å². The Hall–Kier alpha value is -3.35. The van der Waals surface area contributed by atoms with Crippen LogP contribution >= 0.6 is 0 Å². The number of fused-ring (bicyclic) bond motifs is 3. The smallest absolute Gasteiger partial charge is 0.407 e. The molecule has 5 rings (SSSR count). The van der Waals surface area contributed by atoms with Crippen molar-refractivity contribution in [1.29, 1.82) is 0 Å². The summed E-state index contributed by atoms with van der Waals surface area (Å²) in [6, 6.07) is 16.4. The van der Waals surface area contributed by atoms with Gasteiger partial charge in [0.1, 0.15) is 6.61 Å². The van der Waals surface area contributed by atoms with Gasteiger partial charge < -0.3 is 20.1 Å². The molecule has 2 N–H and O–H groups in total. The number of benzene rings is 2. The molecule has 3 aliphatic rings. The van der Waals surface area contributed by atoms with Crippen LogP contribution in [0.25, 0.3) is 11.1 Å². The maximum atomic E-state index is 13.0. The maximum Gasteiger partial charge on any atom is 0.407 e. The second-order valence-corrected chi connectivity index (χ2v) is 10.5. The number of alkyl carbamates (subject to hydrolysis) is 1. The molecule has 2 saturated carbocycles. The van der Waals surface area contributed by atoms with Gasteiger partial charge in [0.05, 0.1) is 17.9 Å². The number of carbonyl (C=O) groups excluding carboxylic acids is 2. The Bertz CT molecular complexity index is 1110. The molecule has 1 unspecified atom stereocenters. The zero-order valence-electron chi connectivity index (χ0n) is 20.2. The van der Waals surface area contributed by atoms with Gasteiger partial charge in [-0.2, -0.15) is 0 Å². The number of carboxylic acids is 1. The van der Waals surface area contributed by atoms with Crippen molar-refractivity contribution in [2.24, 2.45) is 11.8 Å². The minimum Gasteiger partial charge on any atom is -0.481 e. The average molecular weight is 477 g/mol. The van der Waals surface area contributed by atoms with Crippen LogP contribution in [-0.2, 0) is 14.3 Å². The van der Waals surface area contributed by atoms with E-state index in [-0.39, 0.29) is 42.7 Å². The first kappa shape index (κ1) is 23.4. The number of nitrogens with one attached hydrogen (secondary N) is 1. The summed E-state index contributed by atoms with van der Waals surface area (Å²) in [4.78, 5) is 38.7. The molecule has 35 heavy (non-hydrogen) atoms. The van der Waals surface area contributed by atoms with Crippen molar-refractivity contribution in [1.82, 2.24) is 10.2 Å². The van der Waals surface area contributed by atoms with Gasteiger partial charge in [-0.15, -0.1) is 0 Å². The van der Waals surface area contributed by atoms with Crippen molar-refractivity contribution in [2.75, 3.05) is 13.7 Å². The molecule has 7 heteroatoms. The third-order valence-corrected chi connectivity index (χ3v) is 8.13. The molecule has 2 aromatic carbocycles. The van der Waals surface area contributed by atoms with Crippen LogP contribution in [0, 0.1) is 11.8 Å². The van der Waals surface area contributed by atoms with Gasteiger partial charge in [0.2, 0.25) is 5.91 Å². The second kappa shape index (κ2) is 9.02. The second-order valence-electron chi connectivity index (χ2n) is 10.5. The Balaban J connectivity index is 1.21. The van der Waals surface area contributed by atoms with E-state index in [0.717, 1.165) is 24.0 Å². The van der Waals surface area contributed by atoms with Gasteiger partial charge >= 0.3 is 12.1 Å². The van der Waals surface area contributed by atoms with E-state index in [1.807, 2.05) is 31.2 Å². The van der Waals surface area contributed by atoms with Gasteiger partial charge in [0, 0.05) is 19.0 Å². The molecule has 0 bridgehead atoms. The van der Waals surface area contributed by atoms with Crippen LogP contribution in [0.2, 0.25) is 0 Å². The van der Waals surface area contributed by atoms with Gasteiger partial charge in [-0.25, -0.2) is 4.79 Å². The Labute approximate surface area is 205 Å². The third kappa shape index (κ3) is 4.51. The fourth-order valence-electron chi connectivity index (χ4n) is 5.63. The number of hydrogen-bond donors (Lipinski definition) is 2. The van der Waals surface area contributed by atoms with Gasteiger partial charge in [-0.05, 0) is 60.8 Å². The highest BCUT2D eigenvalue weighted by molar-refractivity contribution is 5.81. The Kier molecular flexibility index (Phi) is 6.03. The number of carboxylic acid groups (broad SMARTS) is 1. The SMILES string of the molecule is CN(C(=O)CC(C)(NC(=O)OCC1c2ccccc2-c2ccccc21)C1CC1)C1CC(C(=O)O)C1. The van der Waals surface area contributed by atoms with E-state index in [0.29, 0.717) is 12.8 Å². The van der Waals surface area contributed by atoms with Gasteiger partial charge in [0.15, 0.2) is 0 Å². The quantitative estimate of drug-likeness (QED) is 0.589. The molecule has 7 nitrogen and oxygen atoms in total. The molecule has 0 aromatic heterocycles. The molecule has 0 spiro atoms. The molecule has 0 saturated heterocycles. The number of hydrogen-bond acceptors (Lipinski definition) is 4. The number of ether oxygens (including phenoxy) is 1. The largest absolute Gasteiger partial charge is 0.481 e. The highest BCUT2D eigenvalue weighted by Gasteiger charge is 2.46. The van der Waals surface area contributed by atoms with Crippen molar-refractivity contribution in [3.05, 3.63) is 59.7 Å². The van der Waals surface area contributed by atoms with Crippen LogP contribution < -0.4 is 5.32 Å². The standard InChI is InChI=1S/C28H32N2O5/c1-28(18-11-12-18,15-25(31)30(2)19-13-17(14-19)26(32)33)29-27(34)35-16-24-22-9-5-3-7-20(22)21-8-4-6-10-23(21)24/h3-10,17-19,24H,11-16H2,1-2H3,(H,29,34)(H,32,33). The van der Waals surface area contributed by atoms with Crippen LogP contribution in [0.5, 0.6) is 0 Å². The van der Waals surface area contributed by atoms with Gasteiger partial charge in [0.25, 0.3) is 0 Å². The Morgan fingerprint density at radius 3 is 2.14 bits per heavy atom. The van der Waals surface area contributed by atoms with Crippen molar-refractivity contribution < 1.29 is 24.2 Å². The fraction of sp³-hybridized carbons (Fsp3) is 0.464. The summed E-state index contributed by atoms with van der Waals surface area (Å²) in [7, 11) is 1.73. The Morgan fingerprint density at radius 1 is 1.03 bits per heavy atom. The molecular formula is C28H32N2O5. The summed E-state index contributed by atoms with van der Waals surface area (Å²) in [5, 5.41) is 12.1. The first-order valence-corrected chi connectivity index (χ1v) is 12.4. The number of nitrogens with zero attached hydrogens (tertiary/aromatic N) is 1. The third-order valence-electron chi connectivity index (χ3n) is 8.13. The van der Waals surface area contributed by atoms with E-state index in [4.69, 9.17) is 9.84 Å². The minimum absolute atomic E-state index is 0.0195. The van der Waals surface area contributed by atoms with Crippen molar-refractivity contribution in [2.45, 2.75) is 56.5 Å². The lowest BCUT2D eigenvalue weighted by atomic mass is 9.79. The Morgan fingerprint density at radius 2 is 1.60 bits per heavy atom. The van der Waals surface area contributed by atoms with E-state index in [1.54, 1.807) is 11.9 Å². The first-order chi connectivity index (χ1) is 16.8. The van der Waals surface area contributed by atoms with Crippen LogP contribution in [0.4, 0.5) is 4.79 Å². The summed E-state index contributed by atoms with van der Waals surface area (Å²) >= 11 is 0. The van der Waals surface area contributed by atoms with Crippen molar-refractivity contribution >= 4 is 18.0 Å². The van der Waals surface area contributed by atoms with Crippen LogP contribution in [0.3, 0.4) is 0 Å². The van der Waals surface area contributed by atoms with Crippen LogP contribution in [-0.4, -0.2) is 53.2 Å². The predicted octanol–water partition coefficient (Wildman–Crippen LogP) is 4.41. The molecule has 2 amide bonds. The number of carbonyl (C=O) groups is 3. The predicted molar refractivity (Wildman–Crippen MR) is 131 cm³/mol. The van der Waals surface area contributed by atoms with Gasteiger partial charge in [-0.3, -0.25) is 9.59 Å². The zero-order valence-corrected chi connectivity index (χ0v) is 20.2. The molecule has 1 atom stereocenters.